The molecule has 0 saturated carbocycles. The van der Waals surface area contributed by atoms with Crippen LogP contribution in [0.25, 0.3) is 0 Å². The molecule has 0 radical (unpaired) electrons. The molecule has 54 valence electrons. The number of imide groups is 1. The van der Waals surface area contributed by atoms with Gasteiger partial charge in [-0.1, -0.05) is 0 Å². The van der Waals surface area contributed by atoms with E-state index in [1.807, 2.05) is 0 Å². The smallest absolute Gasteiger partial charge is 0.254 e. The number of carbonyl (C=O) groups is 2. The molecule has 4 heteroatoms. The van der Waals surface area contributed by atoms with Crippen molar-refractivity contribution in [3.63, 3.8) is 0 Å². The third kappa shape index (κ3) is 1.36. The van der Waals surface area contributed by atoms with Gasteiger partial charge in [0.2, 0.25) is 0 Å². The van der Waals surface area contributed by atoms with E-state index in [2.05, 4.69) is 5.32 Å². The molecule has 0 aromatic carbocycles. The van der Waals surface area contributed by atoms with Crippen molar-refractivity contribution in [2.45, 2.75) is 6.42 Å². The van der Waals surface area contributed by atoms with Gasteiger partial charge in [-0.15, -0.1) is 11.6 Å². The van der Waals surface area contributed by atoms with Crippen molar-refractivity contribution < 1.29 is 9.59 Å². The summed E-state index contributed by atoms with van der Waals surface area (Å²) in [7, 11) is 0. The van der Waals surface area contributed by atoms with Gasteiger partial charge >= 0.3 is 0 Å². The van der Waals surface area contributed by atoms with Gasteiger partial charge in [-0.2, -0.15) is 0 Å². The second-order valence-corrected chi connectivity index (χ2v) is 2.30. The average molecular weight is 160 g/mol. The van der Waals surface area contributed by atoms with Crippen LogP contribution in [0.1, 0.15) is 6.42 Å². The van der Waals surface area contributed by atoms with E-state index in [1.54, 1.807) is 0 Å². The summed E-state index contributed by atoms with van der Waals surface area (Å²) in [6, 6.07) is 0. The molecule has 1 heterocycles. The Hall–Kier alpha value is -0.830. The summed E-state index contributed by atoms with van der Waals surface area (Å²) in [5.74, 6) is -0.289. The Bertz CT molecular complexity index is 210. The Kier molecular flexibility index (Phi) is 2.06. The van der Waals surface area contributed by atoms with E-state index in [-0.39, 0.29) is 11.8 Å². The normalized spacial score (nSPS) is 17.1. The number of carbonyl (C=O) groups excluding carboxylic acids is 2. The molecular weight excluding hydrogens is 154 g/mol. The molecule has 0 spiro atoms. The van der Waals surface area contributed by atoms with Gasteiger partial charge in [-0.05, 0) is 6.42 Å². The first-order chi connectivity index (χ1) is 4.74. The lowest BCUT2D eigenvalue weighted by Gasteiger charge is -1.91. The molecule has 3 nitrogen and oxygen atoms in total. The van der Waals surface area contributed by atoms with Crippen molar-refractivity contribution in [3.05, 3.63) is 11.6 Å². The fourth-order valence-corrected chi connectivity index (χ4v) is 0.943. The maximum absolute atomic E-state index is 10.7. The largest absolute Gasteiger partial charge is 0.289 e. The van der Waals surface area contributed by atoms with Crippen molar-refractivity contribution in [1.82, 2.24) is 5.32 Å². The molecule has 0 aliphatic carbocycles. The van der Waals surface area contributed by atoms with E-state index in [0.717, 1.165) is 0 Å². The maximum atomic E-state index is 10.7. The maximum Gasteiger partial charge on any atom is 0.254 e. The molecule has 2 amide bonds. The predicted molar refractivity (Wildman–Crippen MR) is 36.6 cm³/mol. The van der Waals surface area contributed by atoms with Gasteiger partial charge in [0.1, 0.15) is 0 Å². The van der Waals surface area contributed by atoms with Crippen LogP contribution < -0.4 is 5.32 Å². The van der Waals surface area contributed by atoms with Crippen molar-refractivity contribution in [2.24, 2.45) is 0 Å². The van der Waals surface area contributed by atoms with Crippen LogP contribution in [0.4, 0.5) is 0 Å². The highest BCUT2D eigenvalue weighted by atomic mass is 35.5. The number of amides is 2. The molecule has 0 bridgehead atoms. The zero-order chi connectivity index (χ0) is 7.56. The van der Waals surface area contributed by atoms with Crippen molar-refractivity contribution in [2.75, 3.05) is 5.88 Å². The van der Waals surface area contributed by atoms with Crippen LogP contribution in [-0.4, -0.2) is 17.7 Å². The zero-order valence-electron chi connectivity index (χ0n) is 5.19. The fourth-order valence-electron chi connectivity index (χ4n) is 0.740. The number of hydrogen-bond donors (Lipinski definition) is 1. The Morgan fingerprint density at radius 3 is 2.60 bits per heavy atom. The monoisotopic (exact) mass is 159 g/mol. The molecule has 1 aliphatic heterocycles. The van der Waals surface area contributed by atoms with Gasteiger partial charge in [0.05, 0.1) is 0 Å². The van der Waals surface area contributed by atoms with Crippen LogP contribution in [0.3, 0.4) is 0 Å². The van der Waals surface area contributed by atoms with E-state index >= 15 is 0 Å². The quantitative estimate of drug-likeness (QED) is 0.462. The highest BCUT2D eigenvalue weighted by molar-refractivity contribution is 6.20. The van der Waals surface area contributed by atoms with Crippen LogP contribution >= 0.6 is 11.6 Å². The van der Waals surface area contributed by atoms with Crippen LogP contribution in [0.2, 0.25) is 0 Å². The highest BCUT2D eigenvalue weighted by Crippen LogP contribution is 2.07. The summed E-state index contributed by atoms with van der Waals surface area (Å²) in [4.78, 5) is 21.2. The zero-order valence-corrected chi connectivity index (χ0v) is 5.94. The van der Waals surface area contributed by atoms with E-state index in [4.69, 9.17) is 11.6 Å². The lowest BCUT2D eigenvalue weighted by molar-refractivity contribution is -0.123. The first kappa shape index (κ1) is 7.28. The lowest BCUT2D eigenvalue weighted by atomic mass is 10.2. The second-order valence-electron chi connectivity index (χ2n) is 1.93. The minimum Gasteiger partial charge on any atom is -0.289 e. The summed E-state index contributed by atoms with van der Waals surface area (Å²) >= 11 is 5.36. The molecule has 1 rings (SSSR count). The molecule has 10 heavy (non-hydrogen) atoms. The van der Waals surface area contributed by atoms with E-state index < -0.39 is 0 Å². The molecule has 0 saturated heterocycles. The SMILES string of the molecule is O=C1C=C(CCCl)C(=O)N1. The first-order valence-electron chi connectivity index (χ1n) is 2.86. The minimum atomic E-state index is -0.342. The van der Waals surface area contributed by atoms with E-state index in [1.165, 1.54) is 6.08 Å². The molecule has 0 fully saturated rings. The van der Waals surface area contributed by atoms with Crippen molar-refractivity contribution in [1.29, 1.82) is 0 Å². The summed E-state index contributed by atoms with van der Waals surface area (Å²) < 4.78 is 0. The van der Waals surface area contributed by atoms with Gasteiger partial charge in [0, 0.05) is 17.5 Å². The number of alkyl halides is 1. The molecular formula is C6H6ClNO2. The Labute approximate surface area is 63.0 Å². The van der Waals surface area contributed by atoms with Crippen LogP contribution in [0.5, 0.6) is 0 Å². The average Bonchev–Trinajstić information content (AvgIpc) is 2.13. The topological polar surface area (TPSA) is 46.2 Å². The summed E-state index contributed by atoms with van der Waals surface area (Å²) in [6.45, 7) is 0. The predicted octanol–water partition coefficient (Wildman–Crippen LogP) is 0.198. The molecule has 1 aliphatic rings. The van der Waals surface area contributed by atoms with Crippen LogP contribution in [-0.2, 0) is 9.59 Å². The number of rotatable bonds is 2. The van der Waals surface area contributed by atoms with E-state index in [0.29, 0.717) is 17.9 Å². The molecule has 0 aromatic rings. The van der Waals surface area contributed by atoms with Gasteiger partial charge in [0.15, 0.2) is 0 Å². The lowest BCUT2D eigenvalue weighted by Crippen LogP contribution is -2.22. The number of hydrogen-bond acceptors (Lipinski definition) is 2. The minimum absolute atomic E-state index is 0.314. The fraction of sp³-hybridized carbons (Fsp3) is 0.333. The Balaban J connectivity index is 2.65. The standard InChI is InChI=1S/C6H6ClNO2/c7-2-1-4-3-5(9)8-6(4)10/h3H,1-2H2,(H,8,9,10). The number of nitrogens with one attached hydrogen (secondary N) is 1. The third-order valence-electron chi connectivity index (χ3n) is 1.20. The van der Waals surface area contributed by atoms with Gasteiger partial charge in [-0.3, -0.25) is 14.9 Å². The van der Waals surface area contributed by atoms with Gasteiger partial charge in [0.25, 0.3) is 11.8 Å². The van der Waals surface area contributed by atoms with Crippen molar-refractivity contribution >= 4 is 23.4 Å². The molecule has 0 unspecified atom stereocenters. The number of halogens is 1. The summed E-state index contributed by atoms with van der Waals surface area (Å²) in [6.07, 6.45) is 1.74. The Morgan fingerprint density at radius 2 is 2.20 bits per heavy atom. The first-order valence-corrected chi connectivity index (χ1v) is 3.39. The van der Waals surface area contributed by atoms with E-state index in [9.17, 15) is 9.59 Å². The van der Waals surface area contributed by atoms with Gasteiger partial charge in [-0.25, -0.2) is 0 Å². The molecule has 1 N–H and O–H groups in total. The third-order valence-corrected chi connectivity index (χ3v) is 1.39. The Morgan fingerprint density at radius 1 is 1.50 bits per heavy atom. The van der Waals surface area contributed by atoms with Crippen LogP contribution in [0, 0.1) is 0 Å². The van der Waals surface area contributed by atoms with Crippen molar-refractivity contribution in [3.8, 4) is 0 Å². The summed E-state index contributed by atoms with van der Waals surface area (Å²) in [5, 5.41) is 2.12. The molecule has 0 atom stereocenters. The molecule has 0 aromatic heterocycles. The summed E-state index contributed by atoms with van der Waals surface area (Å²) in [5.41, 5.74) is 0.472. The highest BCUT2D eigenvalue weighted by Gasteiger charge is 2.19. The second kappa shape index (κ2) is 2.84. The van der Waals surface area contributed by atoms with Crippen LogP contribution in [0.15, 0.2) is 11.6 Å². The van der Waals surface area contributed by atoms with Gasteiger partial charge < -0.3 is 0 Å².